The fraction of sp³-hybridized carbons (Fsp3) is 0.909. The lowest BCUT2D eigenvalue weighted by Gasteiger charge is -2.09. The highest BCUT2D eigenvalue weighted by Gasteiger charge is 1.99. The molecule has 0 radical (unpaired) electrons. The van der Waals surface area contributed by atoms with Gasteiger partial charge in [-0.05, 0) is 40.0 Å². The number of carbonyl (C=O) groups excluding carboxylic acids is 1. The average molecular weight is 215 g/mol. The van der Waals surface area contributed by atoms with Crippen molar-refractivity contribution in [3.8, 4) is 0 Å². The van der Waals surface area contributed by atoms with Gasteiger partial charge in [0.25, 0.3) is 0 Å². The summed E-state index contributed by atoms with van der Waals surface area (Å²) in [5, 5.41) is 6.05. The van der Waals surface area contributed by atoms with Crippen molar-refractivity contribution in [3.05, 3.63) is 0 Å². The topological polar surface area (TPSA) is 44.4 Å². The number of nitrogens with zero attached hydrogens (tertiary/aromatic N) is 1. The van der Waals surface area contributed by atoms with Gasteiger partial charge in [0.1, 0.15) is 0 Å². The van der Waals surface area contributed by atoms with Gasteiger partial charge < -0.3 is 15.5 Å². The zero-order valence-corrected chi connectivity index (χ0v) is 10.3. The number of hydrogen-bond acceptors (Lipinski definition) is 3. The zero-order valence-electron chi connectivity index (χ0n) is 10.3. The van der Waals surface area contributed by atoms with Crippen molar-refractivity contribution in [2.75, 3.05) is 40.3 Å². The summed E-state index contributed by atoms with van der Waals surface area (Å²) >= 11 is 0. The Bertz CT molecular complexity index is 160. The summed E-state index contributed by atoms with van der Waals surface area (Å²) in [6.07, 6.45) is 2.78. The first kappa shape index (κ1) is 14.4. The van der Waals surface area contributed by atoms with Crippen molar-refractivity contribution in [2.24, 2.45) is 0 Å². The van der Waals surface area contributed by atoms with Crippen LogP contribution in [0.4, 0.5) is 0 Å². The van der Waals surface area contributed by atoms with Crippen LogP contribution >= 0.6 is 0 Å². The minimum absolute atomic E-state index is 0.154. The van der Waals surface area contributed by atoms with Crippen molar-refractivity contribution in [1.29, 1.82) is 0 Å². The lowest BCUT2D eigenvalue weighted by molar-refractivity contribution is -0.121. The third-order valence-electron chi connectivity index (χ3n) is 2.13. The van der Waals surface area contributed by atoms with Crippen LogP contribution in [0.15, 0.2) is 0 Å². The normalized spacial score (nSPS) is 10.7. The molecule has 0 aliphatic heterocycles. The summed E-state index contributed by atoms with van der Waals surface area (Å²) in [4.78, 5) is 13.4. The maximum Gasteiger partial charge on any atom is 0.221 e. The minimum atomic E-state index is 0.154. The lowest BCUT2D eigenvalue weighted by Crippen LogP contribution is -2.28. The second-order valence-electron chi connectivity index (χ2n) is 3.96. The summed E-state index contributed by atoms with van der Waals surface area (Å²) < 4.78 is 0. The van der Waals surface area contributed by atoms with E-state index in [1.807, 2.05) is 6.92 Å². The molecule has 0 aliphatic carbocycles. The number of amides is 1. The number of nitrogens with one attached hydrogen (secondary N) is 2. The SMILES string of the molecule is CCNCCC(=O)NCCCCN(C)C. The van der Waals surface area contributed by atoms with Crippen molar-refractivity contribution in [2.45, 2.75) is 26.2 Å². The van der Waals surface area contributed by atoms with E-state index in [1.54, 1.807) is 0 Å². The van der Waals surface area contributed by atoms with E-state index in [4.69, 9.17) is 0 Å². The van der Waals surface area contributed by atoms with Gasteiger partial charge >= 0.3 is 0 Å². The summed E-state index contributed by atoms with van der Waals surface area (Å²) in [7, 11) is 4.13. The quantitative estimate of drug-likeness (QED) is 0.549. The molecule has 4 nitrogen and oxygen atoms in total. The number of unbranched alkanes of at least 4 members (excludes halogenated alkanes) is 1. The van der Waals surface area contributed by atoms with Crippen LogP contribution in [-0.2, 0) is 4.79 Å². The van der Waals surface area contributed by atoms with Gasteiger partial charge in [0.15, 0.2) is 0 Å². The van der Waals surface area contributed by atoms with Crippen molar-refractivity contribution >= 4 is 5.91 Å². The lowest BCUT2D eigenvalue weighted by atomic mass is 10.3. The molecule has 0 fully saturated rings. The van der Waals surface area contributed by atoms with E-state index in [9.17, 15) is 4.79 Å². The first-order valence-electron chi connectivity index (χ1n) is 5.79. The second kappa shape index (κ2) is 9.93. The molecule has 0 aromatic carbocycles. The summed E-state index contributed by atoms with van der Waals surface area (Å²) in [5.41, 5.74) is 0. The third kappa shape index (κ3) is 11.3. The van der Waals surface area contributed by atoms with Crippen LogP contribution in [0.5, 0.6) is 0 Å². The van der Waals surface area contributed by atoms with Crippen molar-refractivity contribution in [1.82, 2.24) is 15.5 Å². The Kier molecular flexibility index (Phi) is 9.52. The molecule has 0 aliphatic rings. The highest BCUT2D eigenvalue weighted by molar-refractivity contribution is 5.75. The molecule has 0 spiro atoms. The standard InChI is InChI=1S/C11H25N3O/c1-4-12-9-7-11(15)13-8-5-6-10-14(2)3/h12H,4-10H2,1-3H3,(H,13,15). The summed E-state index contributed by atoms with van der Waals surface area (Å²) in [5.74, 6) is 0.154. The number of rotatable bonds is 9. The molecule has 90 valence electrons. The average Bonchev–Trinajstić information content (AvgIpc) is 2.17. The van der Waals surface area contributed by atoms with Crippen LogP contribution in [0.1, 0.15) is 26.2 Å². The monoisotopic (exact) mass is 215 g/mol. The number of carbonyl (C=O) groups is 1. The fourth-order valence-corrected chi connectivity index (χ4v) is 1.25. The van der Waals surface area contributed by atoms with E-state index in [1.165, 1.54) is 0 Å². The van der Waals surface area contributed by atoms with Gasteiger partial charge in [0, 0.05) is 19.5 Å². The van der Waals surface area contributed by atoms with Crippen LogP contribution in [0.25, 0.3) is 0 Å². The molecule has 0 bridgehead atoms. The number of hydrogen-bond donors (Lipinski definition) is 2. The minimum Gasteiger partial charge on any atom is -0.356 e. The molecule has 4 heteroatoms. The van der Waals surface area contributed by atoms with Gasteiger partial charge in [-0.1, -0.05) is 6.92 Å². The first-order chi connectivity index (χ1) is 7.16. The third-order valence-corrected chi connectivity index (χ3v) is 2.13. The smallest absolute Gasteiger partial charge is 0.221 e. The Balaban J connectivity index is 3.17. The van der Waals surface area contributed by atoms with Crippen LogP contribution < -0.4 is 10.6 Å². The molecule has 0 aromatic heterocycles. The molecule has 15 heavy (non-hydrogen) atoms. The van der Waals surface area contributed by atoms with Gasteiger partial charge in [0.05, 0.1) is 0 Å². The predicted molar refractivity (Wildman–Crippen MR) is 64.0 cm³/mol. The molecule has 0 rings (SSSR count). The highest BCUT2D eigenvalue weighted by atomic mass is 16.1. The van der Waals surface area contributed by atoms with Gasteiger partial charge in [-0.2, -0.15) is 0 Å². The zero-order chi connectivity index (χ0) is 11.5. The Morgan fingerprint density at radius 3 is 2.53 bits per heavy atom. The Morgan fingerprint density at radius 1 is 1.20 bits per heavy atom. The van der Waals surface area contributed by atoms with Crippen LogP contribution in [-0.4, -0.2) is 51.1 Å². The van der Waals surface area contributed by atoms with Crippen molar-refractivity contribution in [3.63, 3.8) is 0 Å². The molecular weight excluding hydrogens is 190 g/mol. The van der Waals surface area contributed by atoms with Gasteiger partial charge in [-0.25, -0.2) is 0 Å². The second-order valence-corrected chi connectivity index (χ2v) is 3.96. The van der Waals surface area contributed by atoms with Crippen LogP contribution in [0, 0.1) is 0 Å². The van der Waals surface area contributed by atoms with Gasteiger partial charge in [-0.15, -0.1) is 0 Å². The van der Waals surface area contributed by atoms with E-state index < -0.39 is 0 Å². The molecule has 0 unspecified atom stereocenters. The van der Waals surface area contributed by atoms with Crippen LogP contribution in [0.2, 0.25) is 0 Å². The molecular formula is C11H25N3O. The van der Waals surface area contributed by atoms with Gasteiger partial charge in [0.2, 0.25) is 5.91 Å². The maximum atomic E-state index is 11.3. The molecule has 0 aromatic rings. The fourth-order valence-electron chi connectivity index (χ4n) is 1.25. The molecule has 1 amide bonds. The van der Waals surface area contributed by atoms with E-state index >= 15 is 0 Å². The molecule has 2 N–H and O–H groups in total. The van der Waals surface area contributed by atoms with Crippen LogP contribution in [0.3, 0.4) is 0 Å². The van der Waals surface area contributed by atoms with Gasteiger partial charge in [-0.3, -0.25) is 4.79 Å². The van der Waals surface area contributed by atoms with E-state index in [2.05, 4.69) is 29.6 Å². The first-order valence-corrected chi connectivity index (χ1v) is 5.79. The van der Waals surface area contributed by atoms with E-state index in [0.717, 1.165) is 39.0 Å². The molecule has 0 saturated heterocycles. The highest BCUT2D eigenvalue weighted by Crippen LogP contribution is 1.89. The Labute approximate surface area is 93.4 Å². The Hall–Kier alpha value is -0.610. The van der Waals surface area contributed by atoms with E-state index in [0.29, 0.717) is 6.42 Å². The largest absolute Gasteiger partial charge is 0.356 e. The summed E-state index contributed by atoms with van der Waals surface area (Å²) in [6.45, 7) is 5.64. The molecule has 0 atom stereocenters. The Morgan fingerprint density at radius 2 is 1.93 bits per heavy atom. The van der Waals surface area contributed by atoms with E-state index in [-0.39, 0.29) is 5.91 Å². The molecule has 0 heterocycles. The van der Waals surface area contributed by atoms with Crippen molar-refractivity contribution < 1.29 is 4.79 Å². The summed E-state index contributed by atoms with van der Waals surface area (Å²) in [6, 6.07) is 0. The maximum absolute atomic E-state index is 11.3. The predicted octanol–water partition coefficient (Wildman–Crippen LogP) is 0.444. The molecule has 0 saturated carbocycles.